The maximum Gasteiger partial charge on any atom is 0.360 e. The summed E-state index contributed by atoms with van der Waals surface area (Å²) < 4.78 is 42.2. The zero-order valence-electron chi connectivity index (χ0n) is 15.4. The number of hydrogen-bond acceptors (Lipinski definition) is 9. The molecular weight excluding hydrogens is 420 g/mol. The molecule has 3 aromatic rings. The number of aromatic nitrogens is 1. The van der Waals surface area contributed by atoms with Crippen molar-refractivity contribution in [3.63, 3.8) is 0 Å². The first kappa shape index (κ1) is 20.6. The van der Waals surface area contributed by atoms with Crippen LogP contribution in [0.15, 0.2) is 51.2 Å². The van der Waals surface area contributed by atoms with Crippen molar-refractivity contribution in [1.29, 1.82) is 0 Å². The van der Waals surface area contributed by atoms with E-state index in [1.165, 1.54) is 43.5 Å². The van der Waals surface area contributed by atoms with E-state index in [0.717, 1.165) is 11.3 Å². The van der Waals surface area contributed by atoms with Gasteiger partial charge in [0.1, 0.15) is 4.21 Å². The fourth-order valence-corrected chi connectivity index (χ4v) is 4.60. The summed E-state index contributed by atoms with van der Waals surface area (Å²) in [5.41, 5.74) is 0.594. The molecule has 0 spiro atoms. The summed E-state index contributed by atoms with van der Waals surface area (Å²) in [7, 11) is -2.60. The molecule has 0 amide bonds. The van der Waals surface area contributed by atoms with Crippen LogP contribution in [0, 0.1) is 0 Å². The van der Waals surface area contributed by atoms with E-state index in [1.807, 2.05) is 0 Å². The van der Waals surface area contributed by atoms with Crippen molar-refractivity contribution in [3.8, 4) is 10.6 Å². The Morgan fingerprint density at radius 3 is 2.52 bits per heavy atom. The lowest BCUT2D eigenvalue weighted by Gasteiger charge is -2.06. The Hall–Kier alpha value is -3.18. The van der Waals surface area contributed by atoms with Gasteiger partial charge in [-0.15, -0.1) is 11.3 Å². The smallest absolute Gasteiger partial charge is 0.360 e. The second-order valence-corrected chi connectivity index (χ2v) is 8.58. The molecular formula is C18H16N2O7S2. The molecule has 0 unspecified atom stereocenters. The number of benzene rings is 1. The average Bonchev–Trinajstić information content (AvgIpc) is 3.37. The quantitative estimate of drug-likeness (QED) is 0.560. The number of hydrogen-bond donors (Lipinski definition) is 1. The molecule has 0 atom stereocenters. The molecule has 2 aromatic heterocycles. The Kier molecular flexibility index (Phi) is 5.99. The van der Waals surface area contributed by atoms with Crippen LogP contribution in [0.3, 0.4) is 0 Å². The van der Waals surface area contributed by atoms with Gasteiger partial charge in [0.25, 0.3) is 10.0 Å². The maximum atomic E-state index is 12.6. The molecule has 29 heavy (non-hydrogen) atoms. The SMILES string of the molecule is CCOC(=O)c1cc(-c2ccc(S(=O)(=O)Nc3ccc(C(=O)OC)cc3)s2)on1. The largest absolute Gasteiger partial charge is 0.465 e. The summed E-state index contributed by atoms with van der Waals surface area (Å²) in [4.78, 5) is 23.6. The molecule has 2 heterocycles. The molecule has 0 aliphatic rings. The van der Waals surface area contributed by atoms with E-state index in [0.29, 0.717) is 10.4 Å². The Balaban J connectivity index is 1.77. The first-order valence-electron chi connectivity index (χ1n) is 8.29. The summed E-state index contributed by atoms with van der Waals surface area (Å²) in [6.07, 6.45) is 0. The predicted molar refractivity (Wildman–Crippen MR) is 104 cm³/mol. The van der Waals surface area contributed by atoms with Gasteiger partial charge in [-0.05, 0) is 43.3 Å². The zero-order chi connectivity index (χ0) is 21.0. The third-order valence-corrected chi connectivity index (χ3v) is 6.61. The number of methoxy groups -OCH3 is 1. The summed E-state index contributed by atoms with van der Waals surface area (Å²) >= 11 is 0.952. The number of esters is 2. The monoisotopic (exact) mass is 436 g/mol. The first-order chi connectivity index (χ1) is 13.8. The number of anilines is 1. The van der Waals surface area contributed by atoms with Crippen LogP contribution in [0.5, 0.6) is 0 Å². The van der Waals surface area contributed by atoms with Crippen molar-refractivity contribution >= 4 is 39.0 Å². The molecule has 3 rings (SSSR count). The fourth-order valence-electron chi connectivity index (χ4n) is 2.29. The standard InChI is InChI=1S/C18H16N2O7S2/c1-3-26-18(22)13-10-14(27-19-13)15-8-9-16(28-15)29(23,24)20-12-6-4-11(5-7-12)17(21)25-2/h4-10,20H,3H2,1-2H3. The van der Waals surface area contributed by atoms with Gasteiger partial charge in [0, 0.05) is 11.8 Å². The van der Waals surface area contributed by atoms with Crippen LogP contribution in [0.4, 0.5) is 5.69 Å². The molecule has 11 heteroatoms. The molecule has 0 bridgehead atoms. The highest BCUT2D eigenvalue weighted by Gasteiger charge is 2.21. The van der Waals surface area contributed by atoms with E-state index >= 15 is 0 Å². The van der Waals surface area contributed by atoms with Gasteiger partial charge in [0.05, 0.1) is 24.2 Å². The number of carbonyl (C=O) groups is 2. The Labute approximate surface area is 170 Å². The minimum Gasteiger partial charge on any atom is -0.465 e. The number of carbonyl (C=O) groups excluding carboxylic acids is 2. The van der Waals surface area contributed by atoms with E-state index in [1.54, 1.807) is 13.0 Å². The predicted octanol–water partition coefficient (Wildman–Crippen LogP) is 3.17. The number of rotatable bonds is 7. The molecule has 0 saturated carbocycles. The highest BCUT2D eigenvalue weighted by atomic mass is 32.2. The van der Waals surface area contributed by atoms with Crippen LogP contribution >= 0.6 is 11.3 Å². The van der Waals surface area contributed by atoms with E-state index in [2.05, 4.69) is 14.6 Å². The van der Waals surface area contributed by atoms with Gasteiger partial charge in [0.2, 0.25) is 0 Å². The van der Waals surface area contributed by atoms with Crippen molar-refractivity contribution in [1.82, 2.24) is 5.16 Å². The molecule has 0 fully saturated rings. The third kappa shape index (κ3) is 4.63. The molecule has 9 nitrogen and oxygen atoms in total. The molecule has 0 aliphatic heterocycles. The molecule has 0 saturated heterocycles. The highest BCUT2D eigenvalue weighted by molar-refractivity contribution is 7.94. The fraction of sp³-hybridized carbons (Fsp3) is 0.167. The van der Waals surface area contributed by atoms with Crippen LogP contribution in [-0.2, 0) is 19.5 Å². The van der Waals surface area contributed by atoms with Gasteiger partial charge < -0.3 is 14.0 Å². The van der Waals surface area contributed by atoms with Gasteiger partial charge in [-0.3, -0.25) is 4.72 Å². The third-order valence-electron chi connectivity index (χ3n) is 3.64. The Bertz CT molecular complexity index is 1130. The maximum absolute atomic E-state index is 12.6. The van der Waals surface area contributed by atoms with E-state index < -0.39 is 22.0 Å². The number of nitrogens with zero attached hydrogens (tertiary/aromatic N) is 1. The molecule has 0 aliphatic carbocycles. The van der Waals surface area contributed by atoms with Crippen molar-refractivity contribution in [2.45, 2.75) is 11.1 Å². The highest BCUT2D eigenvalue weighted by Crippen LogP contribution is 2.32. The number of nitrogens with one attached hydrogen (secondary N) is 1. The van der Waals surface area contributed by atoms with Crippen molar-refractivity contribution in [3.05, 3.63) is 53.7 Å². The minimum absolute atomic E-state index is 0.00322. The Morgan fingerprint density at radius 2 is 1.86 bits per heavy atom. The number of ether oxygens (including phenoxy) is 2. The van der Waals surface area contributed by atoms with Crippen molar-refractivity contribution in [2.24, 2.45) is 0 Å². The topological polar surface area (TPSA) is 125 Å². The van der Waals surface area contributed by atoms with Crippen molar-refractivity contribution in [2.75, 3.05) is 18.4 Å². The zero-order valence-corrected chi connectivity index (χ0v) is 17.0. The molecule has 1 N–H and O–H groups in total. The van der Waals surface area contributed by atoms with Crippen molar-refractivity contribution < 1.29 is 32.0 Å². The summed E-state index contributed by atoms with van der Waals surface area (Å²) in [5.74, 6) is -0.887. The summed E-state index contributed by atoms with van der Waals surface area (Å²) in [5, 5.41) is 3.63. The lowest BCUT2D eigenvalue weighted by molar-refractivity contribution is 0.0513. The van der Waals surface area contributed by atoms with Crippen LogP contribution in [0.1, 0.15) is 27.8 Å². The normalized spacial score (nSPS) is 11.1. The van der Waals surface area contributed by atoms with E-state index in [4.69, 9.17) is 9.26 Å². The van der Waals surface area contributed by atoms with Crippen LogP contribution < -0.4 is 4.72 Å². The van der Waals surface area contributed by atoms with E-state index in [9.17, 15) is 18.0 Å². The molecule has 0 radical (unpaired) electrons. The van der Waals surface area contributed by atoms with E-state index in [-0.39, 0.29) is 28.0 Å². The number of sulfonamides is 1. The molecule has 152 valence electrons. The summed E-state index contributed by atoms with van der Waals surface area (Å²) in [6, 6.07) is 10.2. The van der Waals surface area contributed by atoms with Gasteiger partial charge in [-0.1, -0.05) is 5.16 Å². The summed E-state index contributed by atoms with van der Waals surface area (Å²) in [6.45, 7) is 1.87. The lowest BCUT2D eigenvalue weighted by Crippen LogP contribution is -2.11. The Morgan fingerprint density at radius 1 is 1.14 bits per heavy atom. The average molecular weight is 436 g/mol. The van der Waals surface area contributed by atoms with Gasteiger partial charge in [0.15, 0.2) is 11.5 Å². The van der Waals surface area contributed by atoms with Gasteiger partial charge in [-0.25, -0.2) is 18.0 Å². The first-order valence-corrected chi connectivity index (χ1v) is 10.6. The minimum atomic E-state index is -3.86. The van der Waals surface area contributed by atoms with Crippen LogP contribution in [-0.4, -0.2) is 39.2 Å². The second-order valence-electron chi connectivity index (χ2n) is 5.59. The second kappa shape index (κ2) is 8.45. The van der Waals surface area contributed by atoms with Gasteiger partial charge >= 0.3 is 11.9 Å². The lowest BCUT2D eigenvalue weighted by atomic mass is 10.2. The van der Waals surface area contributed by atoms with Gasteiger partial charge in [-0.2, -0.15) is 0 Å². The number of thiophene rings is 1. The molecule has 1 aromatic carbocycles. The van der Waals surface area contributed by atoms with Crippen LogP contribution in [0.25, 0.3) is 10.6 Å². The van der Waals surface area contributed by atoms with Crippen LogP contribution in [0.2, 0.25) is 0 Å².